The zero-order valence-corrected chi connectivity index (χ0v) is 15.2. The molecule has 1 aromatic carbocycles. The van der Waals surface area contributed by atoms with Gasteiger partial charge >= 0.3 is 5.97 Å². The van der Waals surface area contributed by atoms with E-state index < -0.39 is 12.6 Å². The summed E-state index contributed by atoms with van der Waals surface area (Å²) in [6.07, 6.45) is 5.67. The van der Waals surface area contributed by atoms with Crippen molar-refractivity contribution in [3.05, 3.63) is 28.8 Å². The van der Waals surface area contributed by atoms with Gasteiger partial charge in [0, 0.05) is 0 Å². The molecule has 3 aliphatic rings. The average Bonchev–Trinajstić information content (AvgIpc) is 2.94. The molecule has 2 N–H and O–H groups in total. The van der Waals surface area contributed by atoms with Crippen LogP contribution in [0, 0.1) is 17.3 Å². The number of ether oxygens (including phenoxy) is 1. The minimum atomic E-state index is -0.731. The van der Waals surface area contributed by atoms with Gasteiger partial charge in [0.25, 0.3) is 0 Å². The Morgan fingerprint density at radius 3 is 2.88 bits per heavy atom. The fourth-order valence-corrected chi connectivity index (χ4v) is 5.95. The number of esters is 1. The molecule has 4 nitrogen and oxygen atoms in total. The number of fused-ring (bicyclic) bond motifs is 5. The molecule has 0 heterocycles. The van der Waals surface area contributed by atoms with E-state index in [1.165, 1.54) is 0 Å². The molecule has 0 spiro atoms. The van der Waals surface area contributed by atoms with E-state index in [0.29, 0.717) is 17.8 Å². The van der Waals surface area contributed by atoms with Crippen LogP contribution in [0.2, 0.25) is 0 Å². The maximum Gasteiger partial charge on any atom is 0.342 e. The molecule has 1 aromatic rings. The van der Waals surface area contributed by atoms with Crippen molar-refractivity contribution in [3.8, 4) is 5.75 Å². The van der Waals surface area contributed by atoms with E-state index in [1.807, 2.05) is 0 Å². The summed E-state index contributed by atoms with van der Waals surface area (Å²) in [7, 11) is 0. The third-order valence-electron chi connectivity index (χ3n) is 7.32. The lowest BCUT2D eigenvalue weighted by atomic mass is 9.55. The number of alkyl halides is 1. The number of phenols is 1. The zero-order chi connectivity index (χ0) is 18.5. The molecule has 26 heavy (non-hydrogen) atoms. The molecule has 2 fully saturated rings. The highest BCUT2D eigenvalue weighted by Gasteiger charge is 2.54. The Morgan fingerprint density at radius 1 is 1.31 bits per heavy atom. The first kappa shape index (κ1) is 17.8. The fourth-order valence-electron chi connectivity index (χ4n) is 5.95. The number of halogens is 1. The number of carbonyl (C=O) groups is 1. The van der Waals surface area contributed by atoms with Gasteiger partial charge in [-0.25, -0.2) is 9.18 Å². The molecule has 0 amide bonds. The molecule has 0 aliphatic heterocycles. The van der Waals surface area contributed by atoms with Gasteiger partial charge < -0.3 is 14.9 Å². The Labute approximate surface area is 153 Å². The molecular weight excluding hydrogens is 335 g/mol. The van der Waals surface area contributed by atoms with E-state index in [-0.39, 0.29) is 29.4 Å². The van der Waals surface area contributed by atoms with Crippen LogP contribution < -0.4 is 0 Å². The van der Waals surface area contributed by atoms with Crippen LogP contribution in [0.4, 0.5) is 4.39 Å². The highest BCUT2D eigenvalue weighted by atomic mass is 19.1. The number of aryl methyl sites for hydroxylation is 1. The number of phenolic OH excluding ortho intramolecular Hbond substituents is 1. The standard InChI is InChI=1S/C21H27FO4/c1-21-7-6-13-14(17(21)4-5-19(21)24)3-2-12-10-18(23)16(11-15(12)13)20(25)26-9-8-22/h10-11,13-14,17,19,23-24H,2-9H2,1H3/t13?,14?,17?,19?,21-/m0/s1. The molecule has 0 aromatic heterocycles. The van der Waals surface area contributed by atoms with Gasteiger partial charge in [-0.3, -0.25) is 0 Å². The van der Waals surface area contributed by atoms with Crippen LogP contribution in [-0.2, 0) is 11.2 Å². The highest BCUT2D eigenvalue weighted by molar-refractivity contribution is 5.93. The third-order valence-corrected chi connectivity index (χ3v) is 7.32. The summed E-state index contributed by atoms with van der Waals surface area (Å²) in [6.45, 7) is 1.21. The van der Waals surface area contributed by atoms with Gasteiger partial charge in [-0.1, -0.05) is 6.92 Å². The molecule has 142 valence electrons. The van der Waals surface area contributed by atoms with Crippen molar-refractivity contribution in [2.75, 3.05) is 13.3 Å². The van der Waals surface area contributed by atoms with Gasteiger partial charge in [0.2, 0.25) is 0 Å². The third kappa shape index (κ3) is 2.63. The van der Waals surface area contributed by atoms with E-state index >= 15 is 0 Å². The van der Waals surface area contributed by atoms with Gasteiger partial charge in [-0.05, 0) is 85.0 Å². The number of rotatable bonds is 3. The normalized spacial score (nSPS) is 35.3. The summed E-state index contributed by atoms with van der Waals surface area (Å²) in [5.74, 6) is 0.637. The topological polar surface area (TPSA) is 66.8 Å². The minimum absolute atomic E-state index is 0.0124. The number of aliphatic hydroxyl groups is 1. The molecule has 0 bridgehead atoms. The zero-order valence-electron chi connectivity index (χ0n) is 15.2. The van der Waals surface area contributed by atoms with Crippen LogP contribution in [0.15, 0.2) is 12.1 Å². The Morgan fingerprint density at radius 2 is 2.12 bits per heavy atom. The first-order valence-corrected chi connectivity index (χ1v) is 9.72. The van der Waals surface area contributed by atoms with Crippen molar-refractivity contribution in [2.24, 2.45) is 17.3 Å². The first-order valence-electron chi connectivity index (χ1n) is 9.72. The van der Waals surface area contributed by atoms with Gasteiger partial charge in [0.05, 0.1) is 6.10 Å². The Hall–Kier alpha value is -1.62. The monoisotopic (exact) mass is 362 g/mol. The molecule has 3 aliphatic carbocycles. The Balaban J connectivity index is 1.66. The van der Waals surface area contributed by atoms with Crippen molar-refractivity contribution in [1.82, 2.24) is 0 Å². The number of aliphatic hydroxyl groups excluding tert-OH is 1. The number of hydrogen-bond acceptors (Lipinski definition) is 4. The summed E-state index contributed by atoms with van der Waals surface area (Å²) in [5.41, 5.74) is 2.39. The van der Waals surface area contributed by atoms with Crippen LogP contribution in [0.5, 0.6) is 5.75 Å². The molecule has 4 unspecified atom stereocenters. The Bertz CT molecular complexity index is 718. The molecule has 4 rings (SSSR count). The maximum atomic E-state index is 12.3. The highest BCUT2D eigenvalue weighted by Crippen LogP contribution is 2.61. The minimum Gasteiger partial charge on any atom is -0.507 e. The van der Waals surface area contributed by atoms with Crippen molar-refractivity contribution in [1.29, 1.82) is 0 Å². The number of aromatic hydroxyl groups is 1. The summed E-state index contributed by atoms with van der Waals surface area (Å²) < 4.78 is 17.2. The van der Waals surface area contributed by atoms with Crippen LogP contribution in [-0.4, -0.2) is 35.6 Å². The van der Waals surface area contributed by atoms with Crippen molar-refractivity contribution >= 4 is 5.97 Å². The second-order valence-electron chi connectivity index (χ2n) is 8.45. The summed E-state index contributed by atoms with van der Waals surface area (Å²) in [5, 5.41) is 20.7. The number of carbonyl (C=O) groups excluding carboxylic acids is 1. The maximum absolute atomic E-state index is 12.3. The van der Waals surface area contributed by atoms with Crippen LogP contribution >= 0.6 is 0 Å². The molecular formula is C21H27FO4. The molecule has 0 radical (unpaired) electrons. The number of hydrogen-bond donors (Lipinski definition) is 2. The summed E-state index contributed by atoms with van der Waals surface area (Å²) in [4.78, 5) is 12.2. The predicted octanol–water partition coefficient (Wildman–Crippen LogP) is 3.74. The predicted molar refractivity (Wildman–Crippen MR) is 95.0 cm³/mol. The molecule has 0 saturated heterocycles. The van der Waals surface area contributed by atoms with Crippen LogP contribution in [0.25, 0.3) is 0 Å². The number of benzene rings is 1. The fraction of sp³-hybridized carbons (Fsp3) is 0.667. The molecule has 5 heteroatoms. The van der Waals surface area contributed by atoms with Gasteiger partial charge in [-0.15, -0.1) is 0 Å². The van der Waals surface area contributed by atoms with E-state index in [4.69, 9.17) is 4.74 Å². The lowest BCUT2D eigenvalue weighted by Crippen LogP contribution is -2.44. The van der Waals surface area contributed by atoms with Gasteiger partial charge in [-0.2, -0.15) is 0 Å². The summed E-state index contributed by atoms with van der Waals surface area (Å²) >= 11 is 0. The lowest BCUT2D eigenvalue weighted by molar-refractivity contribution is -0.0226. The smallest absolute Gasteiger partial charge is 0.342 e. The van der Waals surface area contributed by atoms with Crippen LogP contribution in [0.1, 0.15) is 66.4 Å². The largest absolute Gasteiger partial charge is 0.507 e. The second-order valence-corrected chi connectivity index (χ2v) is 8.45. The van der Waals surface area contributed by atoms with E-state index in [1.54, 1.807) is 12.1 Å². The van der Waals surface area contributed by atoms with Crippen molar-refractivity contribution < 1.29 is 24.1 Å². The van der Waals surface area contributed by atoms with Crippen LogP contribution in [0.3, 0.4) is 0 Å². The van der Waals surface area contributed by atoms with Gasteiger partial charge in [0.1, 0.15) is 24.6 Å². The first-order chi connectivity index (χ1) is 12.5. The van der Waals surface area contributed by atoms with Crippen molar-refractivity contribution in [2.45, 2.75) is 57.5 Å². The lowest BCUT2D eigenvalue weighted by Gasteiger charge is -2.50. The second kappa shape index (κ2) is 6.52. The molecule has 5 atom stereocenters. The molecule has 2 saturated carbocycles. The van der Waals surface area contributed by atoms with E-state index in [9.17, 15) is 19.4 Å². The quantitative estimate of drug-likeness (QED) is 0.804. The SMILES string of the molecule is C[C@]12CCC3c4cc(C(=O)OCCF)c(O)cc4CCC3C1CCC2O. The van der Waals surface area contributed by atoms with Crippen molar-refractivity contribution in [3.63, 3.8) is 0 Å². The summed E-state index contributed by atoms with van der Waals surface area (Å²) in [6, 6.07) is 3.46. The van der Waals surface area contributed by atoms with Gasteiger partial charge in [0.15, 0.2) is 0 Å². The van der Waals surface area contributed by atoms with E-state index in [0.717, 1.165) is 49.7 Å². The Kier molecular flexibility index (Phi) is 4.46. The average molecular weight is 362 g/mol. The van der Waals surface area contributed by atoms with E-state index in [2.05, 4.69) is 6.92 Å².